The van der Waals surface area contributed by atoms with Gasteiger partial charge in [-0.05, 0) is 5.56 Å². The Bertz CT molecular complexity index is 376. The van der Waals surface area contributed by atoms with Gasteiger partial charge in [0, 0.05) is 6.54 Å². The second kappa shape index (κ2) is 6.28. The second-order valence-corrected chi connectivity index (χ2v) is 3.74. The van der Waals surface area contributed by atoms with Gasteiger partial charge in [0.15, 0.2) is 0 Å². The first-order chi connectivity index (χ1) is 8.09. The molecule has 0 radical (unpaired) electrons. The van der Waals surface area contributed by atoms with Crippen molar-refractivity contribution in [2.75, 3.05) is 19.7 Å². The smallest absolute Gasteiger partial charge is 0.282 e. The quantitative estimate of drug-likeness (QED) is 0.792. The van der Waals surface area contributed by atoms with E-state index >= 15 is 0 Å². The molecule has 1 aromatic rings. The number of benzene rings is 1. The van der Waals surface area contributed by atoms with Crippen molar-refractivity contribution >= 4 is 0 Å². The van der Waals surface area contributed by atoms with Crippen LogP contribution in [0.5, 0.6) is 0 Å². The molecule has 0 saturated heterocycles. The van der Waals surface area contributed by atoms with Crippen molar-refractivity contribution in [2.45, 2.75) is 11.8 Å². The van der Waals surface area contributed by atoms with E-state index < -0.39 is 25.0 Å². The Hall–Kier alpha value is -1.51. The molecule has 0 saturated carbocycles. The summed E-state index contributed by atoms with van der Waals surface area (Å²) in [5.41, 5.74) is 0.787. The Kier molecular flexibility index (Phi) is 5.01. The highest BCUT2D eigenvalue weighted by Crippen LogP contribution is 2.14. The number of aliphatic hydroxyl groups is 1. The predicted octanol–water partition coefficient (Wildman–Crippen LogP) is 1.51. The predicted molar refractivity (Wildman–Crippen MR) is 59.7 cm³/mol. The summed E-state index contributed by atoms with van der Waals surface area (Å²) >= 11 is 0. The molecule has 1 aromatic carbocycles. The van der Waals surface area contributed by atoms with Crippen molar-refractivity contribution in [3.8, 4) is 6.07 Å². The van der Waals surface area contributed by atoms with Crippen molar-refractivity contribution in [3.05, 3.63) is 35.9 Å². The fraction of sp³-hybridized carbons (Fsp3) is 0.417. The summed E-state index contributed by atoms with van der Waals surface area (Å²) in [4.78, 5) is 0. The average Bonchev–Trinajstić information content (AvgIpc) is 2.36. The monoisotopic (exact) mass is 240 g/mol. The summed E-state index contributed by atoms with van der Waals surface area (Å²) in [5.74, 6) is -3.61. The maximum atomic E-state index is 12.7. The van der Waals surface area contributed by atoms with Crippen LogP contribution in [0.4, 0.5) is 8.78 Å². The lowest BCUT2D eigenvalue weighted by atomic mass is 10.0. The highest BCUT2D eigenvalue weighted by Gasteiger charge is 2.27. The molecular weight excluding hydrogens is 226 g/mol. The molecule has 2 N–H and O–H groups in total. The van der Waals surface area contributed by atoms with Crippen molar-refractivity contribution in [2.24, 2.45) is 0 Å². The third kappa shape index (κ3) is 4.47. The molecule has 0 spiro atoms. The third-order valence-electron chi connectivity index (χ3n) is 2.32. The van der Waals surface area contributed by atoms with Gasteiger partial charge in [-0.25, -0.2) is 8.78 Å². The van der Waals surface area contributed by atoms with Crippen LogP contribution in [-0.4, -0.2) is 30.7 Å². The van der Waals surface area contributed by atoms with Gasteiger partial charge in [-0.3, -0.25) is 0 Å². The Morgan fingerprint density at radius 3 is 2.53 bits per heavy atom. The molecule has 92 valence electrons. The fourth-order valence-electron chi connectivity index (χ4n) is 1.38. The van der Waals surface area contributed by atoms with Crippen LogP contribution >= 0.6 is 0 Å². The first-order valence-electron chi connectivity index (χ1n) is 5.23. The van der Waals surface area contributed by atoms with E-state index in [1.165, 1.54) is 0 Å². The van der Waals surface area contributed by atoms with E-state index in [0.717, 1.165) is 5.56 Å². The molecule has 1 atom stereocenters. The number of hydrogen-bond donors (Lipinski definition) is 2. The van der Waals surface area contributed by atoms with E-state index in [4.69, 9.17) is 10.4 Å². The molecular formula is C12H14F2N2O. The highest BCUT2D eigenvalue weighted by atomic mass is 19.3. The summed E-state index contributed by atoms with van der Waals surface area (Å²) in [6.07, 6.45) is 0. The molecule has 0 aromatic heterocycles. The van der Waals surface area contributed by atoms with Crippen LogP contribution in [0.15, 0.2) is 30.3 Å². The molecule has 0 aliphatic heterocycles. The number of aliphatic hydroxyl groups excluding tert-OH is 1. The fourth-order valence-corrected chi connectivity index (χ4v) is 1.38. The molecule has 1 rings (SSSR count). The number of halogens is 2. The molecule has 0 aliphatic carbocycles. The van der Waals surface area contributed by atoms with E-state index in [0.29, 0.717) is 0 Å². The molecule has 0 heterocycles. The van der Waals surface area contributed by atoms with Gasteiger partial charge in [0.05, 0.1) is 18.5 Å². The zero-order valence-electron chi connectivity index (χ0n) is 9.24. The molecule has 0 fully saturated rings. The maximum absolute atomic E-state index is 12.7. The van der Waals surface area contributed by atoms with Gasteiger partial charge in [0.2, 0.25) is 0 Å². The van der Waals surface area contributed by atoms with Gasteiger partial charge in [0.1, 0.15) is 6.61 Å². The number of alkyl halides is 2. The first kappa shape index (κ1) is 13.6. The SMILES string of the molecule is N#CC(CNCC(F)(F)CO)c1ccccc1. The zero-order chi connectivity index (χ0) is 12.7. The lowest BCUT2D eigenvalue weighted by Gasteiger charge is -2.16. The molecule has 0 bridgehead atoms. The minimum absolute atomic E-state index is 0.135. The average molecular weight is 240 g/mol. The van der Waals surface area contributed by atoms with Gasteiger partial charge in [0.25, 0.3) is 5.92 Å². The Labute approximate surface area is 98.7 Å². The molecule has 17 heavy (non-hydrogen) atoms. The molecule has 3 nitrogen and oxygen atoms in total. The van der Waals surface area contributed by atoms with Crippen molar-refractivity contribution in [1.82, 2.24) is 5.32 Å². The minimum atomic E-state index is -3.14. The minimum Gasteiger partial charge on any atom is -0.390 e. The van der Waals surface area contributed by atoms with Crippen molar-refractivity contribution in [3.63, 3.8) is 0 Å². The standard InChI is InChI=1S/C12H14F2N2O/c13-12(14,9-17)8-16-7-11(6-15)10-4-2-1-3-5-10/h1-5,11,16-17H,7-9H2. The van der Waals surface area contributed by atoms with E-state index in [1.807, 2.05) is 6.07 Å². The third-order valence-corrected chi connectivity index (χ3v) is 2.32. The van der Waals surface area contributed by atoms with Crippen molar-refractivity contribution in [1.29, 1.82) is 5.26 Å². The lowest BCUT2D eigenvalue weighted by molar-refractivity contribution is -0.0474. The summed E-state index contributed by atoms with van der Waals surface area (Å²) in [6, 6.07) is 11.0. The van der Waals surface area contributed by atoms with Crippen LogP contribution in [0.3, 0.4) is 0 Å². The van der Waals surface area contributed by atoms with E-state index in [1.54, 1.807) is 24.3 Å². The highest BCUT2D eigenvalue weighted by molar-refractivity contribution is 5.24. The molecule has 0 aliphatic rings. The van der Waals surface area contributed by atoms with Crippen LogP contribution in [0.1, 0.15) is 11.5 Å². The number of nitriles is 1. The maximum Gasteiger partial charge on any atom is 0.282 e. The number of nitrogens with zero attached hydrogens (tertiary/aromatic N) is 1. The first-order valence-corrected chi connectivity index (χ1v) is 5.23. The van der Waals surface area contributed by atoms with Gasteiger partial charge in [-0.1, -0.05) is 30.3 Å². The van der Waals surface area contributed by atoms with Crippen LogP contribution < -0.4 is 5.32 Å². The van der Waals surface area contributed by atoms with E-state index in [2.05, 4.69) is 11.4 Å². The van der Waals surface area contributed by atoms with Gasteiger partial charge in [-0.2, -0.15) is 5.26 Å². The normalized spacial score (nSPS) is 13.1. The Morgan fingerprint density at radius 2 is 2.00 bits per heavy atom. The van der Waals surface area contributed by atoms with E-state index in [9.17, 15) is 8.78 Å². The largest absolute Gasteiger partial charge is 0.390 e. The van der Waals surface area contributed by atoms with Gasteiger partial charge in [-0.15, -0.1) is 0 Å². The molecule has 5 heteroatoms. The summed E-state index contributed by atoms with van der Waals surface area (Å²) in [5, 5.41) is 19.8. The number of nitrogens with one attached hydrogen (secondary N) is 1. The van der Waals surface area contributed by atoms with Crippen LogP contribution in [0, 0.1) is 11.3 Å². The van der Waals surface area contributed by atoms with Crippen LogP contribution in [0.2, 0.25) is 0 Å². The van der Waals surface area contributed by atoms with Gasteiger partial charge >= 0.3 is 0 Å². The summed E-state index contributed by atoms with van der Waals surface area (Å²) < 4.78 is 25.4. The van der Waals surface area contributed by atoms with Gasteiger partial charge < -0.3 is 10.4 Å². The van der Waals surface area contributed by atoms with Crippen LogP contribution in [-0.2, 0) is 0 Å². The Morgan fingerprint density at radius 1 is 1.35 bits per heavy atom. The lowest BCUT2D eigenvalue weighted by Crippen LogP contribution is -2.37. The number of rotatable bonds is 6. The molecule has 1 unspecified atom stereocenters. The van der Waals surface area contributed by atoms with Crippen LogP contribution in [0.25, 0.3) is 0 Å². The van der Waals surface area contributed by atoms with E-state index in [-0.39, 0.29) is 6.54 Å². The topological polar surface area (TPSA) is 56.0 Å². The second-order valence-electron chi connectivity index (χ2n) is 3.74. The number of hydrogen-bond acceptors (Lipinski definition) is 3. The summed E-state index contributed by atoms with van der Waals surface area (Å²) in [6.45, 7) is -1.69. The van der Waals surface area contributed by atoms with Crippen molar-refractivity contribution < 1.29 is 13.9 Å². The summed E-state index contributed by atoms with van der Waals surface area (Å²) in [7, 11) is 0. The zero-order valence-corrected chi connectivity index (χ0v) is 9.24. The molecule has 0 amide bonds. The Balaban J connectivity index is 2.48.